The topological polar surface area (TPSA) is 95.7 Å². The molecule has 0 radical (unpaired) electrons. The van der Waals surface area contributed by atoms with Crippen molar-refractivity contribution in [1.82, 2.24) is 10.1 Å². The average molecular weight is 371 g/mol. The lowest BCUT2D eigenvalue weighted by atomic mass is 10.1. The number of ether oxygens (including phenoxy) is 3. The zero-order chi connectivity index (χ0) is 19.6. The van der Waals surface area contributed by atoms with Crippen LogP contribution < -0.4 is 19.5 Å². The van der Waals surface area contributed by atoms with Gasteiger partial charge in [0.1, 0.15) is 5.39 Å². The number of aromatic nitrogens is 2. The second-order valence-corrected chi connectivity index (χ2v) is 6.02. The van der Waals surface area contributed by atoms with Crippen LogP contribution in [0.4, 0.5) is 5.69 Å². The molecule has 142 valence electrons. The van der Waals surface area contributed by atoms with Crippen molar-refractivity contribution in [3.63, 3.8) is 0 Å². The van der Waals surface area contributed by atoms with Gasteiger partial charge >= 0.3 is 0 Å². The molecule has 1 aromatic carbocycles. The Morgan fingerprint density at radius 2 is 1.85 bits per heavy atom. The van der Waals surface area contributed by atoms with Gasteiger partial charge in [-0.1, -0.05) is 0 Å². The first-order valence-corrected chi connectivity index (χ1v) is 8.32. The number of amides is 1. The van der Waals surface area contributed by atoms with Crippen LogP contribution in [-0.4, -0.2) is 36.9 Å². The normalized spacial score (nSPS) is 10.7. The number of nitrogens with zero attached hydrogens (tertiary/aromatic N) is 2. The fourth-order valence-electron chi connectivity index (χ4n) is 2.70. The Morgan fingerprint density at radius 1 is 1.11 bits per heavy atom. The van der Waals surface area contributed by atoms with Crippen molar-refractivity contribution in [3.8, 4) is 17.4 Å². The van der Waals surface area contributed by atoms with E-state index in [9.17, 15) is 4.79 Å². The molecular formula is C19H21N3O5. The van der Waals surface area contributed by atoms with E-state index in [2.05, 4.69) is 15.5 Å². The van der Waals surface area contributed by atoms with Crippen molar-refractivity contribution in [1.29, 1.82) is 0 Å². The van der Waals surface area contributed by atoms with E-state index >= 15 is 0 Å². The van der Waals surface area contributed by atoms with E-state index in [1.807, 2.05) is 20.8 Å². The van der Waals surface area contributed by atoms with Crippen LogP contribution in [0.5, 0.6) is 17.4 Å². The number of methoxy groups -OCH3 is 2. The van der Waals surface area contributed by atoms with Gasteiger partial charge in [0.25, 0.3) is 17.5 Å². The largest absolute Gasteiger partial charge is 0.493 e. The van der Waals surface area contributed by atoms with Gasteiger partial charge in [0.15, 0.2) is 18.1 Å². The van der Waals surface area contributed by atoms with Gasteiger partial charge in [-0.2, -0.15) is 0 Å². The third kappa shape index (κ3) is 3.64. The quantitative estimate of drug-likeness (QED) is 0.711. The predicted octanol–water partition coefficient (Wildman–Crippen LogP) is 3.18. The average Bonchev–Trinajstić information content (AvgIpc) is 3.07. The van der Waals surface area contributed by atoms with Gasteiger partial charge in [-0.15, -0.1) is 0 Å². The lowest BCUT2D eigenvalue weighted by Gasteiger charge is -2.11. The number of anilines is 1. The maximum absolute atomic E-state index is 12.2. The monoisotopic (exact) mass is 371 g/mol. The third-order valence-electron chi connectivity index (χ3n) is 4.40. The van der Waals surface area contributed by atoms with E-state index in [1.54, 1.807) is 25.3 Å². The first kappa shape index (κ1) is 18.5. The zero-order valence-electron chi connectivity index (χ0n) is 15.9. The zero-order valence-corrected chi connectivity index (χ0v) is 15.9. The summed E-state index contributed by atoms with van der Waals surface area (Å²) in [5.74, 6) is 1.01. The molecule has 0 aliphatic rings. The summed E-state index contributed by atoms with van der Waals surface area (Å²) in [6, 6.07) is 5.09. The Hall–Kier alpha value is -3.29. The Balaban J connectivity index is 1.71. The molecule has 27 heavy (non-hydrogen) atoms. The number of carbonyl (C=O) groups is 1. The summed E-state index contributed by atoms with van der Waals surface area (Å²) in [5.41, 5.74) is 3.83. The molecule has 0 aliphatic carbocycles. The molecule has 0 fully saturated rings. The van der Waals surface area contributed by atoms with Gasteiger partial charge in [-0.05, 0) is 49.2 Å². The summed E-state index contributed by atoms with van der Waals surface area (Å²) < 4.78 is 21.2. The summed E-state index contributed by atoms with van der Waals surface area (Å²) in [6.45, 7) is 5.60. The number of carbonyl (C=O) groups excluding carboxylic acids is 1. The van der Waals surface area contributed by atoms with Crippen LogP contribution in [-0.2, 0) is 4.79 Å². The van der Waals surface area contributed by atoms with Crippen molar-refractivity contribution < 1.29 is 23.5 Å². The molecule has 0 atom stereocenters. The molecule has 0 saturated carbocycles. The summed E-state index contributed by atoms with van der Waals surface area (Å²) in [4.78, 5) is 16.6. The van der Waals surface area contributed by atoms with Crippen LogP contribution in [0, 0.1) is 20.8 Å². The minimum absolute atomic E-state index is 0.220. The first-order valence-electron chi connectivity index (χ1n) is 8.32. The fraction of sp³-hybridized carbons (Fsp3) is 0.316. The number of fused-ring (bicyclic) bond motifs is 1. The lowest BCUT2D eigenvalue weighted by molar-refractivity contribution is -0.118. The smallest absolute Gasteiger partial charge is 0.264 e. The van der Waals surface area contributed by atoms with Crippen molar-refractivity contribution in [2.45, 2.75) is 20.8 Å². The van der Waals surface area contributed by atoms with E-state index < -0.39 is 0 Å². The van der Waals surface area contributed by atoms with Crippen LogP contribution in [0.15, 0.2) is 22.7 Å². The molecule has 2 heterocycles. The third-order valence-corrected chi connectivity index (χ3v) is 4.40. The molecule has 0 saturated heterocycles. The highest BCUT2D eigenvalue weighted by Gasteiger charge is 2.18. The van der Waals surface area contributed by atoms with E-state index in [4.69, 9.17) is 18.7 Å². The van der Waals surface area contributed by atoms with E-state index in [0.717, 1.165) is 16.8 Å². The molecular weight excluding hydrogens is 350 g/mol. The van der Waals surface area contributed by atoms with Crippen molar-refractivity contribution in [2.75, 3.05) is 26.1 Å². The Bertz CT molecular complexity index is 997. The number of pyridine rings is 1. The Kier molecular flexibility index (Phi) is 5.16. The molecule has 3 rings (SSSR count). The van der Waals surface area contributed by atoms with Gasteiger partial charge in [0.05, 0.1) is 14.2 Å². The molecule has 0 spiro atoms. The highest BCUT2D eigenvalue weighted by Crippen LogP contribution is 2.31. The maximum Gasteiger partial charge on any atom is 0.264 e. The second kappa shape index (κ2) is 7.53. The van der Waals surface area contributed by atoms with Gasteiger partial charge in [-0.25, -0.2) is 4.98 Å². The van der Waals surface area contributed by atoms with Crippen LogP contribution in [0.3, 0.4) is 0 Å². The highest BCUT2D eigenvalue weighted by molar-refractivity contribution is 5.92. The Morgan fingerprint density at radius 3 is 2.56 bits per heavy atom. The summed E-state index contributed by atoms with van der Waals surface area (Å²) in [7, 11) is 3.08. The molecule has 1 N–H and O–H groups in total. The van der Waals surface area contributed by atoms with E-state index in [-0.39, 0.29) is 18.4 Å². The van der Waals surface area contributed by atoms with Crippen molar-refractivity contribution in [3.05, 3.63) is 35.0 Å². The van der Waals surface area contributed by atoms with Crippen LogP contribution in [0.1, 0.15) is 16.8 Å². The standard InChI is InChI=1S/C19H21N3O5/c1-10-11(2)17-18(20-12(10)3)27-22-19(17)26-9-16(23)21-13-6-7-14(24-4)15(8-13)25-5/h6-8H,9H2,1-5H3,(H,21,23). The van der Waals surface area contributed by atoms with E-state index in [0.29, 0.717) is 28.3 Å². The van der Waals surface area contributed by atoms with Crippen LogP contribution in [0.25, 0.3) is 11.1 Å². The summed E-state index contributed by atoms with van der Waals surface area (Å²) in [5, 5.41) is 7.31. The molecule has 3 aromatic rings. The molecule has 8 heteroatoms. The molecule has 1 amide bonds. The van der Waals surface area contributed by atoms with Gasteiger partial charge in [0.2, 0.25) is 0 Å². The molecule has 0 unspecified atom stereocenters. The highest BCUT2D eigenvalue weighted by atomic mass is 16.5. The molecule has 0 bridgehead atoms. The Labute approximate surface area is 156 Å². The predicted molar refractivity (Wildman–Crippen MR) is 99.7 cm³/mol. The molecule has 8 nitrogen and oxygen atoms in total. The number of nitrogens with one attached hydrogen (secondary N) is 1. The van der Waals surface area contributed by atoms with E-state index in [1.165, 1.54) is 7.11 Å². The lowest BCUT2D eigenvalue weighted by Crippen LogP contribution is -2.20. The summed E-state index contributed by atoms with van der Waals surface area (Å²) in [6.07, 6.45) is 0. The number of benzene rings is 1. The number of hydrogen-bond donors (Lipinski definition) is 1. The van der Waals surface area contributed by atoms with Crippen molar-refractivity contribution in [2.24, 2.45) is 0 Å². The van der Waals surface area contributed by atoms with Gasteiger partial charge in [-0.3, -0.25) is 4.79 Å². The first-order chi connectivity index (χ1) is 12.9. The number of rotatable bonds is 6. The minimum atomic E-state index is -0.340. The maximum atomic E-state index is 12.2. The minimum Gasteiger partial charge on any atom is -0.493 e. The van der Waals surface area contributed by atoms with Gasteiger partial charge < -0.3 is 24.1 Å². The van der Waals surface area contributed by atoms with Crippen LogP contribution >= 0.6 is 0 Å². The fourth-order valence-corrected chi connectivity index (χ4v) is 2.70. The van der Waals surface area contributed by atoms with Crippen LogP contribution in [0.2, 0.25) is 0 Å². The summed E-state index contributed by atoms with van der Waals surface area (Å²) >= 11 is 0. The number of aryl methyl sites for hydroxylation is 2. The number of hydrogen-bond acceptors (Lipinski definition) is 7. The SMILES string of the molecule is COc1ccc(NC(=O)COc2noc3nc(C)c(C)c(C)c23)cc1OC. The van der Waals surface area contributed by atoms with Crippen molar-refractivity contribution >= 4 is 22.7 Å². The molecule has 2 aromatic heterocycles. The second-order valence-electron chi connectivity index (χ2n) is 6.02. The molecule has 0 aliphatic heterocycles. The van der Waals surface area contributed by atoms with Gasteiger partial charge in [0, 0.05) is 17.4 Å².